The minimum atomic E-state index is -0.518. The second kappa shape index (κ2) is 7.17. The number of aryl methyl sites for hydroxylation is 1. The van der Waals surface area contributed by atoms with E-state index >= 15 is 0 Å². The third-order valence-electron chi connectivity index (χ3n) is 3.73. The first-order valence-corrected chi connectivity index (χ1v) is 8.54. The fourth-order valence-corrected chi connectivity index (χ4v) is 3.65. The SMILES string of the molecule is Cc1ccc(CN(C)CC(O)COc2cccc3[nH]ccc23)s1. The number of aliphatic hydroxyl groups excluding tert-OH is 1. The number of rotatable bonds is 7. The molecule has 0 fully saturated rings. The van der Waals surface area contributed by atoms with Crippen LogP contribution in [0.5, 0.6) is 5.75 Å². The van der Waals surface area contributed by atoms with Gasteiger partial charge in [0.1, 0.15) is 18.5 Å². The molecule has 2 aromatic heterocycles. The Morgan fingerprint density at radius 2 is 2.13 bits per heavy atom. The van der Waals surface area contributed by atoms with Crippen LogP contribution in [0, 0.1) is 6.92 Å². The number of thiophene rings is 1. The summed E-state index contributed by atoms with van der Waals surface area (Å²) in [5.74, 6) is 0.805. The first-order valence-electron chi connectivity index (χ1n) is 7.72. The largest absolute Gasteiger partial charge is 0.490 e. The summed E-state index contributed by atoms with van der Waals surface area (Å²) >= 11 is 1.80. The Hall–Kier alpha value is -1.82. The number of benzene rings is 1. The first kappa shape index (κ1) is 16.1. The predicted octanol–water partition coefficient (Wildman–Crippen LogP) is 3.41. The zero-order valence-corrected chi connectivity index (χ0v) is 14.3. The average molecular weight is 330 g/mol. The lowest BCUT2D eigenvalue weighted by atomic mass is 10.2. The fraction of sp³-hybridized carbons (Fsp3) is 0.333. The lowest BCUT2D eigenvalue weighted by Crippen LogP contribution is -2.32. The van der Waals surface area contributed by atoms with Crippen molar-refractivity contribution < 1.29 is 9.84 Å². The number of likely N-dealkylation sites (N-methyl/N-ethyl adjacent to an activating group) is 1. The second-order valence-electron chi connectivity index (χ2n) is 5.87. The Morgan fingerprint density at radius 3 is 2.91 bits per heavy atom. The van der Waals surface area contributed by atoms with Crippen molar-refractivity contribution in [1.29, 1.82) is 0 Å². The van der Waals surface area contributed by atoms with E-state index in [0.29, 0.717) is 6.54 Å². The number of fused-ring (bicyclic) bond motifs is 1. The number of H-pyrrole nitrogens is 1. The molecule has 0 saturated carbocycles. The summed E-state index contributed by atoms with van der Waals surface area (Å²) in [6.45, 7) is 3.83. The van der Waals surface area contributed by atoms with Crippen LogP contribution in [0.4, 0.5) is 0 Å². The molecule has 4 nitrogen and oxygen atoms in total. The smallest absolute Gasteiger partial charge is 0.128 e. The van der Waals surface area contributed by atoms with Crippen molar-refractivity contribution in [2.24, 2.45) is 0 Å². The van der Waals surface area contributed by atoms with Crippen molar-refractivity contribution in [2.75, 3.05) is 20.2 Å². The van der Waals surface area contributed by atoms with Crippen molar-refractivity contribution in [2.45, 2.75) is 19.6 Å². The maximum absolute atomic E-state index is 10.2. The number of aromatic amines is 1. The molecule has 3 aromatic rings. The predicted molar refractivity (Wildman–Crippen MR) is 95.2 cm³/mol. The summed E-state index contributed by atoms with van der Waals surface area (Å²) in [6, 6.07) is 12.2. The minimum absolute atomic E-state index is 0.290. The van der Waals surface area contributed by atoms with Crippen LogP contribution in [-0.2, 0) is 6.54 Å². The molecule has 0 aliphatic heterocycles. The molecule has 122 valence electrons. The number of nitrogens with zero attached hydrogens (tertiary/aromatic N) is 1. The summed E-state index contributed by atoms with van der Waals surface area (Å²) in [7, 11) is 2.02. The molecule has 0 bridgehead atoms. The van der Waals surface area contributed by atoms with E-state index in [1.54, 1.807) is 11.3 Å². The van der Waals surface area contributed by atoms with Gasteiger partial charge in [0.2, 0.25) is 0 Å². The zero-order valence-electron chi connectivity index (χ0n) is 13.5. The van der Waals surface area contributed by atoms with Crippen molar-refractivity contribution in [1.82, 2.24) is 9.88 Å². The Kier molecular flexibility index (Phi) is 5.00. The van der Waals surface area contributed by atoms with Crippen molar-refractivity contribution in [3.05, 3.63) is 52.3 Å². The quantitative estimate of drug-likeness (QED) is 0.698. The van der Waals surface area contributed by atoms with Crippen LogP contribution in [0.1, 0.15) is 9.75 Å². The molecule has 0 aliphatic carbocycles. The highest BCUT2D eigenvalue weighted by Gasteiger charge is 2.11. The maximum Gasteiger partial charge on any atom is 0.128 e. The van der Waals surface area contributed by atoms with Gasteiger partial charge in [0.15, 0.2) is 0 Å². The van der Waals surface area contributed by atoms with Crippen LogP contribution in [0.15, 0.2) is 42.6 Å². The molecular weight excluding hydrogens is 308 g/mol. The Labute approximate surface area is 140 Å². The van der Waals surface area contributed by atoms with Gasteiger partial charge in [-0.25, -0.2) is 0 Å². The summed E-state index contributed by atoms with van der Waals surface area (Å²) < 4.78 is 5.80. The molecule has 0 radical (unpaired) electrons. The molecular formula is C18H22N2O2S. The highest BCUT2D eigenvalue weighted by molar-refractivity contribution is 7.11. The molecule has 3 rings (SSSR count). The lowest BCUT2D eigenvalue weighted by Gasteiger charge is -2.20. The van der Waals surface area contributed by atoms with E-state index in [1.807, 2.05) is 37.5 Å². The van der Waals surface area contributed by atoms with E-state index in [1.165, 1.54) is 9.75 Å². The van der Waals surface area contributed by atoms with Crippen LogP contribution < -0.4 is 4.74 Å². The van der Waals surface area contributed by atoms with Crippen LogP contribution in [-0.4, -0.2) is 41.3 Å². The molecule has 23 heavy (non-hydrogen) atoms. The molecule has 1 unspecified atom stereocenters. The molecule has 2 heterocycles. The van der Waals surface area contributed by atoms with Crippen LogP contribution in [0.3, 0.4) is 0 Å². The van der Waals surface area contributed by atoms with Gasteiger partial charge in [0.25, 0.3) is 0 Å². The highest BCUT2D eigenvalue weighted by atomic mass is 32.1. The fourth-order valence-electron chi connectivity index (χ4n) is 2.68. The number of hydrogen-bond acceptors (Lipinski definition) is 4. The van der Waals surface area contributed by atoms with Gasteiger partial charge in [-0.05, 0) is 44.3 Å². The van der Waals surface area contributed by atoms with Crippen molar-refractivity contribution >= 4 is 22.2 Å². The number of hydrogen-bond donors (Lipinski definition) is 2. The lowest BCUT2D eigenvalue weighted by molar-refractivity contribution is 0.0752. The van der Waals surface area contributed by atoms with Gasteiger partial charge in [-0.1, -0.05) is 6.07 Å². The van der Waals surface area contributed by atoms with Gasteiger partial charge in [-0.2, -0.15) is 0 Å². The van der Waals surface area contributed by atoms with Gasteiger partial charge in [0.05, 0.1) is 0 Å². The van der Waals surface area contributed by atoms with E-state index in [2.05, 4.69) is 28.9 Å². The van der Waals surface area contributed by atoms with Crippen LogP contribution >= 0.6 is 11.3 Å². The molecule has 2 N–H and O–H groups in total. The topological polar surface area (TPSA) is 48.5 Å². The van der Waals surface area contributed by atoms with Gasteiger partial charge in [-0.15, -0.1) is 11.3 Å². The number of aromatic nitrogens is 1. The van der Waals surface area contributed by atoms with Gasteiger partial charge in [0, 0.05) is 39.9 Å². The molecule has 0 spiro atoms. The first-order chi connectivity index (χ1) is 11.1. The second-order valence-corrected chi connectivity index (χ2v) is 7.24. The summed E-state index contributed by atoms with van der Waals surface area (Å²) in [5.41, 5.74) is 1.04. The van der Waals surface area contributed by atoms with Crippen molar-refractivity contribution in [3.63, 3.8) is 0 Å². The number of nitrogens with one attached hydrogen (secondary N) is 1. The van der Waals surface area contributed by atoms with E-state index in [0.717, 1.165) is 23.2 Å². The molecule has 5 heteroatoms. The third kappa shape index (κ3) is 4.13. The zero-order chi connectivity index (χ0) is 16.2. The van der Waals surface area contributed by atoms with Crippen LogP contribution in [0.25, 0.3) is 10.9 Å². The standard InChI is InChI=1S/C18H22N2O2S/c1-13-6-7-15(23-13)11-20(2)10-14(21)12-22-18-5-3-4-17-16(18)8-9-19-17/h3-9,14,19,21H,10-12H2,1-2H3. The Balaban J connectivity index is 1.51. The molecule has 0 amide bonds. The number of ether oxygens (including phenoxy) is 1. The monoisotopic (exact) mass is 330 g/mol. The van der Waals surface area contributed by atoms with Gasteiger partial charge < -0.3 is 14.8 Å². The van der Waals surface area contributed by atoms with Crippen LogP contribution in [0.2, 0.25) is 0 Å². The van der Waals surface area contributed by atoms with Gasteiger partial charge in [-0.3, -0.25) is 4.90 Å². The Bertz CT molecular complexity index is 765. The van der Waals surface area contributed by atoms with E-state index < -0.39 is 6.10 Å². The molecule has 0 aliphatic rings. The summed E-state index contributed by atoms with van der Waals surface area (Å²) in [4.78, 5) is 7.91. The minimum Gasteiger partial charge on any atom is -0.490 e. The highest BCUT2D eigenvalue weighted by Crippen LogP contribution is 2.24. The summed E-state index contributed by atoms with van der Waals surface area (Å²) in [6.07, 6.45) is 1.38. The summed E-state index contributed by atoms with van der Waals surface area (Å²) in [5, 5.41) is 11.3. The van der Waals surface area contributed by atoms with Crippen molar-refractivity contribution in [3.8, 4) is 5.75 Å². The molecule has 1 aromatic carbocycles. The molecule has 0 saturated heterocycles. The Morgan fingerprint density at radius 1 is 1.26 bits per heavy atom. The van der Waals surface area contributed by atoms with E-state index in [9.17, 15) is 5.11 Å². The maximum atomic E-state index is 10.2. The normalized spacial score (nSPS) is 12.9. The molecule has 1 atom stereocenters. The number of aliphatic hydroxyl groups is 1. The average Bonchev–Trinajstić information content (AvgIpc) is 3.14. The van der Waals surface area contributed by atoms with E-state index in [4.69, 9.17) is 4.74 Å². The van der Waals surface area contributed by atoms with E-state index in [-0.39, 0.29) is 6.61 Å². The third-order valence-corrected chi connectivity index (χ3v) is 4.72. The van der Waals surface area contributed by atoms with Gasteiger partial charge >= 0.3 is 0 Å².